The molecule has 158 valence electrons. The Bertz CT molecular complexity index is 967. The van der Waals surface area contributed by atoms with E-state index >= 15 is 0 Å². The van der Waals surface area contributed by atoms with Gasteiger partial charge < -0.3 is 10.1 Å². The maximum atomic E-state index is 12.3. The summed E-state index contributed by atoms with van der Waals surface area (Å²) in [7, 11) is -1.96. The minimum atomic E-state index is -3.54. The van der Waals surface area contributed by atoms with E-state index in [1.54, 1.807) is 19.2 Å². The van der Waals surface area contributed by atoms with E-state index in [2.05, 4.69) is 5.32 Å². The summed E-state index contributed by atoms with van der Waals surface area (Å²) in [5.41, 5.74) is 1.28. The standard InChI is InChI=1S/C20H24Cl2N2O4S/c1-14(16-7-4-5-8-19(16)28-2)23-20(25)9-6-12-24(29(3,26)27)15-10-11-17(21)18(22)13-15/h4-5,7-8,10-11,13-14H,6,9,12H2,1-3H3,(H,23,25)/t14-/m0/s1. The van der Waals surface area contributed by atoms with Gasteiger partial charge in [-0.1, -0.05) is 41.4 Å². The van der Waals surface area contributed by atoms with Crippen molar-refractivity contribution in [1.29, 1.82) is 0 Å². The number of anilines is 1. The zero-order valence-corrected chi connectivity index (χ0v) is 18.8. The fourth-order valence-electron chi connectivity index (χ4n) is 2.93. The number of para-hydroxylation sites is 1. The number of carbonyl (C=O) groups excluding carboxylic acids is 1. The fourth-order valence-corrected chi connectivity index (χ4v) is 4.17. The van der Waals surface area contributed by atoms with Crippen LogP contribution >= 0.6 is 23.2 Å². The van der Waals surface area contributed by atoms with Crippen LogP contribution in [0.2, 0.25) is 10.0 Å². The molecular formula is C20H24Cl2N2O4S. The Kier molecular flexibility index (Phi) is 8.19. The Morgan fingerprint density at radius 2 is 1.86 bits per heavy atom. The Morgan fingerprint density at radius 3 is 2.48 bits per heavy atom. The van der Waals surface area contributed by atoms with E-state index in [0.717, 1.165) is 11.8 Å². The lowest BCUT2D eigenvalue weighted by Crippen LogP contribution is -2.32. The Labute approximate surface area is 181 Å². The van der Waals surface area contributed by atoms with Gasteiger partial charge in [0, 0.05) is 18.5 Å². The number of carbonyl (C=O) groups is 1. The van der Waals surface area contributed by atoms with E-state index in [9.17, 15) is 13.2 Å². The molecule has 0 unspecified atom stereocenters. The highest BCUT2D eigenvalue weighted by molar-refractivity contribution is 7.92. The van der Waals surface area contributed by atoms with Crippen molar-refractivity contribution >= 4 is 44.8 Å². The van der Waals surface area contributed by atoms with Crippen molar-refractivity contribution < 1.29 is 17.9 Å². The van der Waals surface area contributed by atoms with Gasteiger partial charge in [0.15, 0.2) is 0 Å². The van der Waals surface area contributed by atoms with Crippen LogP contribution in [0.1, 0.15) is 31.4 Å². The number of halogens is 2. The van der Waals surface area contributed by atoms with Gasteiger partial charge >= 0.3 is 0 Å². The van der Waals surface area contributed by atoms with Crippen LogP contribution in [0.3, 0.4) is 0 Å². The van der Waals surface area contributed by atoms with Gasteiger partial charge in [0.05, 0.1) is 35.1 Å². The third-order valence-corrected chi connectivity index (χ3v) is 6.27. The molecule has 0 aliphatic carbocycles. The van der Waals surface area contributed by atoms with Crippen LogP contribution in [0.4, 0.5) is 5.69 Å². The number of benzene rings is 2. The molecule has 6 nitrogen and oxygen atoms in total. The number of nitrogens with one attached hydrogen (secondary N) is 1. The highest BCUT2D eigenvalue weighted by Crippen LogP contribution is 2.29. The number of sulfonamides is 1. The molecule has 1 atom stereocenters. The van der Waals surface area contributed by atoms with Gasteiger partial charge in [-0.3, -0.25) is 9.10 Å². The van der Waals surface area contributed by atoms with E-state index < -0.39 is 10.0 Å². The quantitative estimate of drug-likeness (QED) is 0.602. The zero-order chi connectivity index (χ0) is 21.6. The van der Waals surface area contributed by atoms with Crippen LogP contribution in [0.25, 0.3) is 0 Å². The molecule has 2 aromatic carbocycles. The average molecular weight is 459 g/mol. The molecule has 1 N–H and O–H groups in total. The van der Waals surface area contributed by atoms with Crippen molar-refractivity contribution in [3.63, 3.8) is 0 Å². The summed E-state index contributed by atoms with van der Waals surface area (Å²) in [6.45, 7) is 2.02. The molecule has 0 saturated carbocycles. The molecule has 1 amide bonds. The smallest absolute Gasteiger partial charge is 0.232 e. The summed E-state index contributed by atoms with van der Waals surface area (Å²) in [6, 6.07) is 11.8. The second-order valence-corrected chi connectivity index (χ2v) is 9.29. The summed E-state index contributed by atoms with van der Waals surface area (Å²) >= 11 is 11.9. The molecule has 0 spiro atoms. The van der Waals surface area contributed by atoms with Gasteiger partial charge in [0.25, 0.3) is 0 Å². The molecule has 0 aromatic heterocycles. The van der Waals surface area contributed by atoms with Crippen molar-refractivity contribution in [2.75, 3.05) is 24.2 Å². The first-order valence-electron chi connectivity index (χ1n) is 8.98. The molecule has 2 rings (SSSR count). The van der Waals surface area contributed by atoms with Crippen molar-refractivity contribution in [2.45, 2.75) is 25.8 Å². The molecule has 29 heavy (non-hydrogen) atoms. The molecule has 0 bridgehead atoms. The average Bonchev–Trinajstić information content (AvgIpc) is 2.66. The number of rotatable bonds is 9. The van der Waals surface area contributed by atoms with Crippen LogP contribution in [-0.4, -0.2) is 34.2 Å². The summed E-state index contributed by atoms with van der Waals surface area (Å²) in [4.78, 5) is 12.3. The summed E-state index contributed by atoms with van der Waals surface area (Å²) in [5.74, 6) is 0.522. The molecule has 0 aliphatic rings. The van der Waals surface area contributed by atoms with Crippen LogP contribution in [0, 0.1) is 0 Å². The lowest BCUT2D eigenvalue weighted by molar-refractivity contribution is -0.121. The SMILES string of the molecule is COc1ccccc1[C@H](C)NC(=O)CCCN(c1ccc(Cl)c(Cl)c1)S(C)(=O)=O. The minimum absolute atomic E-state index is 0.146. The Hall–Kier alpha value is -1.96. The van der Waals surface area contributed by atoms with E-state index in [-0.39, 0.29) is 29.9 Å². The maximum Gasteiger partial charge on any atom is 0.232 e. The number of ether oxygens (including phenoxy) is 1. The molecular weight excluding hydrogens is 435 g/mol. The van der Waals surface area contributed by atoms with Crippen molar-refractivity contribution in [1.82, 2.24) is 5.32 Å². The van der Waals surface area contributed by atoms with Crippen LogP contribution in [-0.2, 0) is 14.8 Å². The summed E-state index contributed by atoms with van der Waals surface area (Å²) in [6.07, 6.45) is 1.63. The third kappa shape index (κ3) is 6.52. The fraction of sp³-hybridized carbons (Fsp3) is 0.350. The highest BCUT2D eigenvalue weighted by Gasteiger charge is 2.19. The van der Waals surface area contributed by atoms with Gasteiger partial charge in [0.1, 0.15) is 5.75 Å². The predicted octanol–water partition coefficient (Wildman–Crippen LogP) is 4.43. The minimum Gasteiger partial charge on any atom is -0.496 e. The second kappa shape index (κ2) is 10.2. The lowest BCUT2D eigenvalue weighted by atomic mass is 10.1. The van der Waals surface area contributed by atoms with Gasteiger partial charge in [-0.15, -0.1) is 0 Å². The molecule has 9 heteroatoms. The molecule has 2 aromatic rings. The number of hydrogen-bond acceptors (Lipinski definition) is 4. The van der Waals surface area contributed by atoms with Gasteiger partial charge in [-0.05, 0) is 37.6 Å². The molecule has 0 radical (unpaired) electrons. The number of amides is 1. The maximum absolute atomic E-state index is 12.3. The van der Waals surface area contributed by atoms with Crippen molar-refractivity contribution in [3.05, 3.63) is 58.1 Å². The number of methoxy groups -OCH3 is 1. The molecule has 0 aliphatic heterocycles. The van der Waals surface area contributed by atoms with Gasteiger partial charge in [-0.2, -0.15) is 0 Å². The Balaban J connectivity index is 1.98. The van der Waals surface area contributed by atoms with E-state index in [4.69, 9.17) is 27.9 Å². The highest BCUT2D eigenvalue weighted by atomic mass is 35.5. The Morgan fingerprint density at radius 1 is 1.17 bits per heavy atom. The van der Waals surface area contributed by atoms with Crippen LogP contribution in [0.5, 0.6) is 5.75 Å². The van der Waals surface area contributed by atoms with E-state index in [0.29, 0.717) is 22.9 Å². The third-order valence-electron chi connectivity index (χ3n) is 4.34. The van der Waals surface area contributed by atoms with Crippen LogP contribution < -0.4 is 14.4 Å². The monoisotopic (exact) mass is 458 g/mol. The lowest BCUT2D eigenvalue weighted by Gasteiger charge is -2.23. The van der Waals surface area contributed by atoms with Crippen molar-refractivity contribution in [2.24, 2.45) is 0 Å². The van der Waals surface area contributed by atoms with Crippen molar-refractivity contribution in [3.8, 4) is 5.75 Å². The van der Waals surface area contributed by atoms with E-state index in [1.807, 2.05) is 31.2 Å². The molecule has 0 saturated heterocycles. The predicted molar refractivity (Wildman–Crippen MR) is 117 cm³/mol. The topological polar surface area (TPSA) is 75.7 Å². The largest absolute Gasteiger partial charge is 0.496 e. The first-order chi connectivity index (χ1) is 13.6. The first kappa shape index (κ1) is 23.3. The van der Waals surface area contributed by atoms with Crippen LogP contribution in [0.15, 0.2) is 42.5 Å². The summed E-state index contributed by atoms with van der Waals surface area (Å²) in [5, 5.41) is 3.52. The zero-order valence-electron chi connectivity index (χ0n) is 16.5. The molecule has 0 heterocycles. The molecule has 0 fully saturated rings. The second-order valence-electron chi connectivity index (χ2n) is 6.57. The normalized spacial score (nSPS) is 12.3. The number of hydrogen-bond donors (Lipinski definition) is 1. The van der Waals surface area contributed by atoms with Gasteiger partial charge in [0.2, 0.25) is 15.9 Å². The number of nitrogens with zero attached hydrogens (tertiary/aromatic N) is 1. The van der Waals surface area contributed by atoms with E-state index in [1.165, 1.54) is 10.4 Å². The first-order valence-corrected chi connectivity index (χ1v) is 11.6. The van der Waals surface area contributed by atoms with Gasteiger partial charge in [-0.25, -0.2) is 8.42 Å². The summed E-state index contributed by atoms with van der Waals surface area (Å²) < 4.78 is 30.9.